The normalized spacial score (nSPS) is 13.2. The molecule has 2 aromatic heterocycles. The summed E-state index contributed by atoms with van der Waals surface area (Å²) < 4.78 is 32.9. The molecule has 132 valence electrons. The molecule has 3 N–H and O–H groups in total. The van der Waals surface area contributed by atoms with Gasteiger partial charge >= 0.3 is 0 Å². The Morgan fingerprint density at radius 3 is 2.58 bits per heavy atom. The number of aryl methyl sites for hydroxylation is 2. The van der Waals surface area contributed by atoms with E-state index in [4.69, 9.17) is 4.42 Å². The Bertz CT molecular complexity index is 774. The number of carbonyl (C=O) groups is 1. The number of amides is 1. The summed E-state index contributed by atoms with van der Waals surface area (Å²) in [6, 6.07) is 2.54. The van der Waals surface area contributed by atoms with Crippen molar-refractivity contribution in [3.05, 3.63) is 35.5 Å². The highest BCUT2D eigenvalue weighted by atomic mass is 32.2. The largest absolute Gasteiger partial charge is 0.467 e. The summed E-state index contributed by atoms with van der Waals surface area (Å²) in [6.45, 7) is 6.96. The maximum atomic E-state index is 12.6. The Labute approximate surface area is 141 Å². The van der Waals surface area contributed by atoms with E-state index in [-0.39, 0.29) is 17.4 Å². The molecule has 1 amide bonds. The fraction of sp³-hybridized carbons (Fsp3) is 0.467. The van der Waals surface area contributed by atoms with E-state index in [2.05, 4.69) is 20.2 Å². The van der Waals surface area contributed by atoms with Gasteiger partial charge in [0.05, 0.1) is 24.2 Å². The zero-order valence-corrected chi connectivity index (χ0v) is 14.9. The first-order valence-electron chi connectivity index (χ1n) is 7.56. The van der Waals surface area contributed by atoms with Crippen LogP contribution in [0.2, 0.25) is 0 Å². The zero-order valence-electron chi connectivity index (χ0n) is 14.1. The number of nitrogens with one attached hydrogen (secondary N) is 3. The maximum absolute atomic E-state index is 12.6. The van der Waals surface area contributed by atoms with Gasteiger partial charge < -0.3 is 9.73 Å². The van der Waals surface area contributed by atoms with Crippen molar-refractivity contribution in [3.63, 3.8) is 0 Å². The highest BCUT2D eigenvalue weighted by Gasteiger charge is 2.31. The molecule has 2 aromatic rings. The van der Waals surface area contributed by atoms with Crippen LogP contribution in [0.4, 0.5) is 0 Å². The van der Waals surface area contributed by atoms with Crippen molar-refractivity contribution in [3.8, 4) is 0 Å². The summed E-state index contributed by atoms with van der Waals surface area (Å²) in [4.78, 5) is 12.5. The van der Waals surface area contributed by atoms with Gasteiger partial charge in [-0.15, -0.1) is 0 Å². The second-order valence-electron chi connectivity index (χ2n) is 5.90. The second-order valence-corrected chi connectivity index (χ2v) is 7.55. The van der Waals surface area contributed by atoms with Gasteiger partial charge in [0.2, 0.25) is 15.9 Å². The van der Waals surface area contributed by atoms with Gasteiger partial charge in [-0.1, -0.05) is 13.8 Å². The minimum absolute atomic E-state index is 0.0759. The summed E-state index contributed by atoms with van der Waals surface area (Å²) in [5, 5.41) is 9.21. The third-order valence-electron chi connectivity index (χ3n) is 3.58. The Kier molecular flexibility index (Phi) is 5.45. The molecule has 0 radical (unpaired) electrons. The molecule has 0 aliphatic carbocycles. The van der Waals surface area contributed by atoms with Gasteiger partial charge in [-0.3, -0.25) is 9.89 Å². The fourth-order valence-corrected chi connectivity index (χ4v) is 4.07. The Morgan fingerprint density at radius 1 is 1.38 bits per heavy atom. The minimum Gasteiger partial charge on any atom is -0.467 e. The molecule has 0 fully saturated rings. The lowest BCUT2D eigenvalue weighted by molar-refractivity contribution is -0.123. The summed E-state index contributed by atoms with van der Waals surface area (Å²) >= 11 is 0. The topological polar surface area (TPSA) is 117 Å². The van der Waals surface area contributed by atoms with Crippen molar-refractivity contribution in [2.24, 2.45) is 5.92 Å². The average Bonchev–Trinajstić information content (AvgIpc) is 3.12. The van der Waals surface area contributed by atoms with Crippen LogP contribution in [0.5, 0.6) is 0 Å². The van der Waals surface area contributed by atoms with Gasteiger partial charge in [0, 0.05) is 0 Å². The number of aromatic nitrogens is 2. The van der Waals surface area contributed by atoms with Crippen molar-refractivity contribution >= 4 is 15.9 Å². The van der Waals surface area contributed by atoms with Gasteiger partial charge in [-0.25, -0.2) is 8.42 Å². The molecule has 0 bridgehead atoms. The van der Waals surface area contributed by atoms with E-state index in [0.717, 1.165) is 0 Å². The molecule has 0 unspecified atom stereocenters. The van der Waals surface area contributed by atoms with Crippen molar-refractivity contribution < 1.29 is 17.6 Å². The highest BCUT2D eigenvalue weighted by molar-refractivity contribution is 7.89. The van der Waals surface area contributed by atoms with Crippen molar-refractivity contribution in [2.75, 3.05) is 0 Å². The van der Waals surface area contributed by atoms with Gasteiger partial charge in [-0.2, -0.15) is 9.82 Å². The predicted octanol–water partition coefficient (Wildman–Crippen LogP) is 1.24. The molecule has 0 spiro atoms. The Morgan fingerprint density at radius 2 is 2.08 bits per heavy atom. The quantitative estimate of drug-likeness (QED) is 0.691. The summed E-state index contributed by atoms with van der Waals surface area (Å²) in [7, 11) is -3.87. The number of sulfonamides is 1. The fourth-order valence-electron chi connectivity index (χ4n) is 2.35. The van der Waals surface area contributed by atoms with Gasteiger partial charge in [-0.05, 0) is 31.9 Å². The Hall–Kier alpha value is -2.13. The van der Waals surface area contributed by atoms with E-state index in [1.54, 1.807) is 39.8 Å². The van der Waals surface area contributed by atoms with E-state index in [9.17, 15) is 13.2 Å². The van der Waals surface area contributed by atoms with E-state index in [1.807, 2.05) is 0 Å². The molecule has 8 nitrogen and oxygen atoms in total. The van der Waals surface area contributed by atoms with Gasteiger partial charge in [0.15, 0.2) is 0 Å². The molecule has 0 aliphatic heterocycles. The molecule has 2 rings (SSSR count). The first-order chi connectivity index (χ1) is 11.2. The second kappa shape index (κ2) is 7.18. The third kappa shape index (κ3) is 4.04. The molecule has 0 aliphatic rings. The summed E-state index contributed by atoms with van der Waals surface area (Å²) in [5.74, 6) is -0.0529. The molecule has 9 heteroatoms. The molecule has 24 heavy (non-hydrogen) atoms. The van der Waals surface area contributed by atoms with E-state index < -0.39 is 22.0 Å². The van der Waals surface area contributed by atoms with Crippen LogP contribution in [0.25, 0.3) is 0 Å². The van der Waals surface area contributed by atoms with Gasteiger partial charge in [0.1, 0.15) is 16.7 Å². The van der Waals surface area contributed by atoms with Crippen molar-refractivity contribution in [1.82, 2.24) is 20.2 Å². The number of hydrogen-bond acceptors (Lipinski definition) is 5. The van der Waals surface area contributed by atoms with E-state index in [0.29, 0.717) is 17.1 Å². The molecule has 0 aromatic carbocycles. The van der Waals surface area contributed by atoms with E-state index in [1.165, 1.54) is 6.26 Å². The first kappa shape index (κ1) is 18.2. The van der Waals surface area contributed by atoms with Crippen LogP contribution in [0.15, 0.2) is 27.7 Å². The summed E-state index contributed by atoms with van der Waals surface area (Å²) in [6.07, 6.45) is 1.51. The van der Waals surface area contributed by atoms with Crippen molar-refractivity contribution in [1.29, 1.82) is 0 Å². The number of carbonyl (C=O) groups excluding carboxylic acids is 1. The number of H-pyrrole nitrogens is 1. The van der Waals surface area contributed by atoms with Crippen LogP contribution in [-0.2, 0) is 21.4 Å². The van der Waals surface area contributed by atoms with Crippen LogP contribution in [0.1, 0.15) is 31.0 Å². The molecule has 1 atom stereocenters. The molecule has 0 saturated carbocycles. The number of nitrogens with zero attached hydrogens (tertiary/aromatic N) is 1. The minimum atomic E-state index is -3.87. The van der Waals surface area contributed by atoms with Crippen LogP contribution < -0.4 is 10.0 Å². The smallest absolute Gasteiger partial charge is 0.244 e. The Balaban J connectivity index is 2.14. The number of rotatable bonds is 7. The average molecular weight is 354 g/mol. The van der Waals surface area contributed by atoms with Crippen LogP contribution >= 0.6 is 0 Å². The number of furan rings is 1. The predicted molar refractivity (Wildman–Crippen MR) is 87.6 cm³/mol. The van der Waals surface area contributed by atoms with Gasteiger partial charge in [0.25, 0.3) is 0 Å². The highest BCUT2D eigenvalue weighted by Crippen LogP contribution is 2.18. The first-order valence-corrected chi connectivity index (χ1v) is 9.04. The summed E-state index contributed by atoms with van der Waals surface area (Å²) in [5.41, 5.74) is 0.789. The lowest BCUT2D eigenvalue weighted by Gasteiger charge is -2.21. The lowest BCUT2D eigenvalue weighted by Crippen LogP contribution is -2.49. The van der Waals surface area contributed by atoms with Crippen LogP contribution in [-0.4, -0.2) is 30.6 Å². The molecular weight excluding hydrogens is 332 g/mol. The number of aromatic amines is 1. The number of hydrogen-bond donors (Lipinski definition) is 3. The molecule has 2 heterocycles. The third-order valence-corrected chi connectivity index (χ3v) is 5.28. The standard InChI is InChI=1S/C15H22N4O4S/c1-9(2)13(15(20)16-8-12-6-5-7-23-12)19-24(21,22)14-10(3)17-18-11(14)4/h5-7,9,13,19H,8H2,1-4H3,(H,16,20)(H,17,18)/t13-/m0/s1. The SMILES string of the molecule is Cc1n[nH]c(C)c1S(=O)(=O)N[C@H](C(=O)NCc1ccco1)C(C)C. The van der Waals surface area contributed by atoms with Crippen LogP contribution in [0.3, 0.4) is 0 Å². The van der Waals surface area contributed by atoms with E-state index >= 15 is 0 Å². The maximum Gasteiger partial charge on any atom is 0.244 e. The zero-order chi connectivity index (χ0) is 17.9. The van der Waals surface area contributed by atoms with Crippen LogP contribution in [0, 0.1) is 19.8 Å². The molecular formula is C15H22N4O4S. The van der Waals surface area contributed by atoms with Crippen molar-refractivity contribution in [2.45, 2.75) is 45.2 Å². The lowest BCUT2D eigenvalue weighted by atomic mass is 10.1. The molecule has 0 saturated heterocycles. The monoisotopic (exact) mass is 354 g/mol.